The van der Waals surface area contributed by atoms with E-state index in [1.807, 2.05) is 31.2 Å². The maximum Gasteiger partial charge on any atom is 0.263 e. The summed E-state index contributed by atoms with van der Waals surface area (Å²) < 4.78 is 1.72. The van der Waals surface area contributed by atoms with Crippen LogP contribution in [0.4, 0.5) is 5.95 Å². The molecule has 6 heteroatoms. The summed E-state index contributed by atoms with van der Waals surface area (Å²) in [5.74, 6) is 0.629. The zero-order valence-corrected chi connectivity index (χ0v) is 12.4. The highest BCUT2D eigenvalue weighted by Gasteiger charge is 2.17. The highest BCUT2D eigenvalue weighted by molar-refractivity contribution is 5.74. The summed E-state index contributed by atoms with van der Waals surface area (Å²) in [6.45, 7) is 3.91. The zero-order chi connectivity index (χ0) is 15.1. The number of nitrogens with one attached hydrogen (secondary N) is 1. The van der Waals surface area contributed by atoms with Crippen molar-refractivity contribution < 1.29 is 0 Å². The third-order valence-corrected chi connectivity index (χ3v) is 4.05. The molecule has 1 fully saturated rings. The molecule has 1 aliphatic heterocycles. The van der Waals surface area contributed by atoms with Gasteiger partial charge in [-0.15, -0.1) is 5.10 Å². The van der Waals surface area contributed by atoms with Crippen LogP contribution in [0.1, 0.15) is 18.4 Å². The molecule has 1 aliphatic rings. The molecule has 0 aliphatic carbocycles. The van der Waals surface area contributed by atoms with Gasteiger partial charge in [0.1, 0.15) is 5.39 Å². The van der Waals surface area contributed by atoms with Gasteiger partial charge in [0.2, 0.25) is 5.95 Å². The smallest absolute Gasteiger partial charge is 0.263 e. The van der Waals surface area contributed by atoms with Crippen LogP contribution < -0.4 is 10.5 Å². The van der Waals surface area contributed by atoms with Crippen LogP contribution >= 0.6 is 0 Å². The Balaban J connectivity index is 1.83. The molecule has 1 saturated heterocycles. The van der Waals surface area contributed by atoms with Gasteiger partial charge in [-0.05, 0) is 37.5 Å². The summed E-state index contributed by atoms with van der Waals surface area (Å²) in [6.07, 6.45) is 4.02. The van der Waals surface area contributed by atoms with E-state index in [0.29, 0.717) is 17.0 Å². The second-order valence-corrected chi connectivity index (χ2v) is 5.73. The molecule has 3 heterocycles. The molecule has 1 N–H and O–H groups in total. The Hall–Kier alpha value is -2.63. The summed E-state index contributed by atoms with van der Waals surface area (Å²) in [6, 6.07) is 8.00. The normalized spacial score (nSPS) is 14.9. The fourth-order valence-electron chi connectivity index (χ4n) is 2.89. The summed E-state index contributed by atoms with van der Waals surface area (Å²) in [4.78, 5) is 21.8. The Bertz CT molecular complexity index is 889. The highest BCUT2D eigenvalue weighted by Crippen LogP contribution is 2.17. The predicted molar refractivity (Wildman–Crippen MR) is 85.7 cm³/mol. The number of nitrogens with zero attached hydrogens (tertiary/aromatic N) is 4. The van der Waals surface area contributed by atoms with Crippen molar-refractivity contribution in [1.29, 1.82) is 0 Å². The number of anilines is 1. The predicted octanol–water partition coefficient (Wildman–Crippen LogP) is 2.02. The third kappa shape index (κ3) is 2.16. The molecule has 4 rings (SSSR count). The van der Waals surface area contributed by atoms with Gasteiger partial charge in [-0.25, -0.2) is 4.68 Å². The second-order valence-electron chi connectivity index (χ2n) is 5.73. The zero-order valence-electron chi connectivity index (χ0n) is 12.4. The van der Waals surface area contributed by atoms with Gasteiger partial charge < -0.3 is 4.90 Å². The van der Waals surface area contributed by atoms with Crippen molar-refractivity contribution in [3.8, 4) is 5.69 Å². The van der Waals surface area contributed by atoms with Crippen molar-refractivity contribution in [3.63, 3.8) is 0 Å². The molecule has 0 atom stereocenters. The average Bonchev–Trinajstić information content (AvgIpc) is 3.16. The second kappa shape index (κ2) is 4.98. The fraction of sp³-hybridized carbons (Fsp3) is 0.312. The van der Waals surface area contributed by atoms with Crippen molar-refractivity contribution in [1.82, 2.24) is 19.7 Å². The number of fused-ring (bicyclic) bond motifs is 1. The van der Waals surface area contributed by atoms with E-state index in [-0.39, 0.29) is 5.56 Å². The lowest BCUT2D eigenvalue weighted by molar-refractivity contribution is 0.874. The van der Waals surface area contributed by atoms with Crippen LogP contribution in [-0.4, -0.2) is 32.8 Å². The number of aromatic nitrogens is 4. The van der Waals surface area contributed by atoms with Crippen LogP contribution in [0.5, 0.6) is 0 Å². The number of rotatable bonds is 2. The Labute approximate surface area is 127 Å². The standard InChI is InChI=1S/C16H17N5O/c1-11-5-4-6-12(9-11)21-10-13-14(19-21)17-16(18-15(13)22)20-7-2-3-8-20/h4-6,9-10H,2-3,7-8H2,1H3,(H,17,18,19,22). The number of aryl methyl sites for hydroxylation is 1. The van der Waals surface area contributed by atoms with Crippen LogP contribution in [0, 0.1) is 6.92 Å². The van der Waals surface area contributed by atoms with Crippen molar-refractivity contribution in [2.45, 2.75) is 19.8 Å². The summed E-state index contributed by atoms with van der Waals surface area (Å²) >= 11 is 0. The minimum absolute atomic E-state index is 0.134. The molecule has 0 saturated carbocycles. The van der Waals surface area contributed by atoms with Gasteiger partial charge in [0, 0.05) is 19.3 Å². The molecule has 2 aromatic heterocycles. The lowest BCUT2D eigenvalue weighted by Crippen LogP contribution is -2.23. The van der Waals surface area contributed by atoms with Crippen LogP contribution in [-0.2, 0) is 0 Å². The van der Waals surface area contributed by atoms with Crippen LogP contribution in [0.15, 0.2) is 35.3 Å². The minimum Gasteiger partial charge on any atom is -0.342 e. The Morgan fingerprint density at radius 1 is 1.23 bits per heavy atom. The van der Waals surface area contributed by atoms with Gasteiger partial charge in [0.15, 0.2) is 5.65 Å². The van der Waals surface area contributed by atoms with Gasteiger partial charge in [-0.1, -0.05) is 12.1 Å². The quantitative estimate of drug-likeness (QED) is 0.785. The van der Waals surface area contributed by atoms with E-state index in [1.54, 1.807) is 10.9 Å². The maximum atomic E-state index is 12.3. The summed E-state index contributed by atoms with van der Waals surface area (Å²) in [5.41, 5.74) is 2.44. The third-order valence-electron chi connectivity index (χ3n) is 4.05. The highest BCUT2D eigenvalue weighted by atomic mass is 16.1. The van der Waals surface area contributed by atoms with Crippen molar-refractivity contribution in [3.05, 3.63) is 46.4 Å². The average molecular weight is 295 g/mol. The Kier molecular flexibility index (Phi) is 2.96. The molecular formula is C16H17N5O. The van der Waals surface area contributed by atoms with E-state index >= 15 is 0 Å². The van der Waals surface area contributed by atoms with E-state index in [0.717, 1.165) is 37.2 Å². The SMILES string of the molecule is Cc1cccc(-n2cc3c(=O)[nH]c(N4CCCC4)nc3n2)c1. The van der Waals surface area contributed by atoms with E-state index in [9.17, 15) is 4.79 Å². The summed E-state index contributed by atoms with van der Waals surface area (Å²) in [7, 11) is 0. The minimum atomic E-state index is -0.134. The van der Waals surface area contributed by atoms with Crippen LogP contribution in [0.2, 0.25) is 0 Å². The molecule has 0 amide bonds. The fourth-order valence-corrected chi connectivity index (χ4v) is 2.89. The van der Waals surface area contributed by atoms with E-state index in [2.05, 4.69) is 20.0 Å². The molecule has 112 valence electrons. The van der Waals surface area contributed by atoms with Crippen molar-refractivity contribution in [2.24, 2.45) is 0 Å². The number of benzene rings is 1. The molecule has 0 radical (unpaired) electrons. The lowest BCUT2D eigenvalue weighted by Gasteiger charge is -2.14. The van der Waals surface area contributed by atoms with E-state index in [4.69, 9.17) is 0 Å². The van der Waals surface area contributed by atoms with Crippen LogP contribution in [0.25, 0.3) is 16.7 Å². The monoisotopic (exact) mass is 295 g/mol. The Morgan fingerprint density at radius 2 is 2.05 bits per heavy atom. The molecule has 0 bridgehead atoms. The van der Waals surface area contributed by atoms with Gasteiger partial charge in [0.25, 0.3) is 5.56 Å². The maximum absolute atomic E-state index is 12.3. The first-order chi connectivity index (χ1) is 10.7. The van der Waals surface area contributed by atoms with Gasteiger partial charge in [-0.3, -0.25) is 9.78 Å². The summed E-state index contributed by atoms with van der Waals surface area (Å²) in [5, 5.41) is 4.99. The van der Waals surface area contributed by atoms with Gasteiger partial charge in [0.05, 0.1) is 5.69 Å². The molecule has 22 heavy (non-hydrogen) atoms. The van der Waals surface area contributed by atoms with E-state index < -0.39 is 0 Å². The van der Waals surface area contributed by atoms with Crippen LogP contribution in [0.3, 0.4) is 0 Å². The molecule has 0 unspecified atom stereocenters. The topological polar surface area (TPSA) is 66.8 Å². The molecule has 6 nitrogen and oxygen atoms in total. The van der Waals surface area contributed by atoms with Crippen molar-refractivity contribution >= 4 is 17.0 Å². The van der Waals surface area contributed by atoms with E-state index in [1.165, 1.54) is 0 Å². The first kappa shape index (κ1) is 13.1. The molecule has 0 spiro atoms. The molecule has 3 aromatic rings. The largest absolute Gasteiger partial charge is 0.342 e. The number of H-pyrrole nitrogens is 1. The Morgan fingerprint density at radius 3 is 2.82 bits per heavy atom. The molecular weight excluding hydrogens is 278 g/mol. The van der Waals surface area contributed by atoms with Gasteiger partial charge in [-0.2, -0.15) is 4.98 Å². The number of aromatic amines is 1. The first-order valence-electron chi connectivity index (χ1n) is 7.52. The number of hydrogen-bond donors (Lipinski definition) is 1. The first-order valence-corrected chi connectivity index (χ1v) is 7.52. The molecule has 1 aromatic carbocycles. The lowest BCUT2D eigenvalue weighted by atomic mass is 10.2. The van der Waals surface area contributed by atoms with Crippen molar-refractivity contribution in [2.75, 3.05) is 18.0 Å². The number of hydrogen-bond acceptors (Lipinski definition) is 4. The van der Waals surface area contributed by atoms with Gasteiger partial charge >= 0.3 is 0 Å².